The van der Waals surface area contributed by atoms with Crippen molar-refractivity contribution in [3.05, 3.63) is 42.0 Å². The zero-order chi connectivity index (χ0) is 9.36. The van der Waals surface area contributed by atoms with Crippen LogP contribution in [0.4, 0.5) is 0 Å². The molecule has 0 saturated heterocycles. The monoisotopic (exact) mass is 194 g/mol. The van der Waals surface area contributed by atoms with Crippen LogP contribution in [0.5, 0.6) is 0 Å². The van der Waals surface area contributed by atoms with Crippen LogP contribution in [-0.2, 0) is 4.74 Å². The summed E-state index contributed by atoms with van der Waals surface area (Å²) < 4.78 is 5.24. The SMILES string of the molecule is SCCOCC=Cc1ccccc1. The van der Waals surface area contributed by atoms with Crippen molar-refractivity contribution in [3.63, 3.8) is 0 Å². The quantitative estimate of drug-likeness (QED) is 0.560. The van der Waals surface area contributed by atoms with Gasteiger partial charge in [0, 0.05) is 5.75 Å². The van der Waals surface area contributed by atoms with Crippen LogP contribution in [0.15, 0.2) is 36.4 Å². The van der Waals surface area contributed by atoms with Gasteiger partial charge in [0.15, 0.2) is 0 Å². The zero-order valence-electron chi connectivity index (χ0n) is 7.52. The zero-order valence-corrected chi connectivity index (χ0v) is 8.41. The molecule has 1 rings (SSSR count). The van der Waals surface area contributed by atoms with Crippen LogP contribution in [0, 0.1) is 0 Å². The molecule has 0 aliphatic carbocycles. The summed E-state index contributed by atoms with van der Waals surface area (Å²) in [5.41, 5.74) is 1.21. The van der Waals surface area contributed by atoms with Gasteiger partial charge >= 0.3 is 0 Å². The molecule has 0 aliphatic rings. The lowest BCUT2D eigenvalue weighted by Gasteiger charge is -1.95. The molecule has 0 fully saturated rings. The Hall–Kier alpha value is -0.730. The minimum absolute atomic E-state index is 0.662. The van der Waals surface area contributed by atoms with Gasteiger partial charge < -0.3 is 4.74 Å². The Labute approximate surface area is 84.8 Å². The van der Waals surface area contributed by atoms with Crippen molar-refractivity contribution in [1.82, 2.24) is 0 Å². The molecule has 0 heterocycles. The molecule has 70 valence electrons. The minimum atomic E-state index is 0.662. The molecule has 0 unspecified atom stereocenters. The van der Waals surface area contributed by atoms with Crippen LogP contribution in [0.3, 0.4) is 0 Å². The van der Waals surface area contributed by atoms with Crippen molar-refractivity contribution in [3.8, 4) is 0 Å². The van der Waals surface area contributed by atoms with Crippen LogP contribution < -0.4 is 0 Å². The molecule has 0 saturated carbocycles. The Morgan fingerprint density at radius 2 is 2.00 bits per heavy atom. The summed E-state index contributed by atoms with van der Waals surface area (Å²) in [4.78, 5) is 0. The fourth-order valence-electron chi connectivity index (χ4n) is 0.964. The van der Waals surface area contributed by atoms with Crippen LogP contribution in [-0.4, -0.2) is 19.0 Å². The van der Waals surface area contributed by atoms with E-state index < -0.39 is 0 Å². The lowest BCUT2D eigenvalue weighted by atomic mass is 10.2. The van der Waals surface area contributed by atoms with E-state index in [0.29, 0.717) is 13.2 Å². The van der Waals surface area contributed by atoms with E-state index in [1.807, 2.05) is 24.3 Å². The fourth-order valence-corrected chi connectivity index (χ4v) is 1.09. The molecule has 0 aromatic heterocycles. The highest BCUT2D eigenvalue weighted by Gasteiger charge is 1.82. The lowest BCUT2D eigenvalue weighted by molar-refractivity contribution is 0.181. The second-order valence-corrected chi connectivity index (χ2v) is 3.06. The molecule has 0 atom stereocenters. The van der Waals surface area contributed by atoms with Crippen molar-refractivity contribution in [2.75, 3.05) is 19.0 Å². The van der Waals surface area contributed by atoms with Gasteiger partial charge in [-0.25, -0.2) is 0 Å². The summed E-state index contributed by atoms with van der Waals surface area (Å²) in [6, 6.07) is 10.2. The summed E-state index contributed by atoms with van der Waals surface area (Å²) >= 11 is 4.04. The van der Waals surface area contributed by atoms with Crippen LogP contribution in [0.1, 0.15) is 5.56 Å². The highest BCUT2D eigenvalue weighted by molar-refractivity contribution is 7.80. The van der Waals surface area contributed by atoms with E-state index in [1.54, 1.807) is 0 Å². The summed E-state index contributed by atoms with van der Waals surface area (Å²) in [7, 11) is 0. The van der Waals surface area contributed by atoms with Gasteiger partial charge in [-0.15, -0.1) is 0 Å². The minimum Gasteiger partial charge on any atom is -0.377 e. The van der Waals surface area contributed by atoms with E-state index in [2.05, 4.69) is 30.8 Å². The largest absolute Gasteiger partial charge is 0.377 e. The maximum Gasteiger partial charge on any atom is 0.0651 e. The smallest absolute Gasteiger partial charge is 0.0651 e. The number of hydrogen-bond donors (Lipinski definition) is 1. The van der Waals surface area contributed by atoms with Gasteiger partial charge in [0.1, 0.15) is 0 Å². The average Bonchev–Trinajstić information content (AvgIpc) is 2.19. The molecule has 1 nitrogen and oxygen atoms in total. The van der Waals surface area contributed by atoms with Gasteiger partial charge in [-0.05, 0) is 5.56 Å². The van der Waals surface area contributed by atoms with E-state index in [0.717, 1.165) is 5.75 Å². The maximum atomic E-state index is 5.24. The van der Waals surface area contributed by atoms with Gasteiger partial charge in [0.2, 0.25) is 0 Å². The van der Waals surface area contributed by atoms with Crippen molar-refractivity contribution in [2.24, 2.45) is 0 Å². The molecule has 1 aromatic rings. The molecular formula is C11H14OS. The van der Waals surface area contributed by atoms with E-state index in [4.69, 9.17) is 4.74 Å². The van der Waals surface area contributed by atoms with Gasteiger partial charge in [0.05, 0.1) is 13.2 Å². The number of hydrogen-bond acceptors (Lipinski definition) is 2. The molecule has 0 radical (unpaired) electrons. The lowest BCUT2D eigenvalue weighted by Crippen LogP contribution is -1.94. The van der Waals surface area contributed by atoms with Crippen molar-refractivity contribution in [2.45, 2.75) is 0 Å². The van der Waals surface area contributed by atoms with E-state index in [1.165, 1.54) is 5.56 Å². The first-order valence-electron chi connectivity index (χ1n) is 4.33. The Kier molecular flexibility index (Phi) is 5.38. The van der Waals surface area contributed by atoms with E-state index in [9.17, 15) is 0 Å². The van der Waals surface area contributed by atoms with Crippen molar-refractivity contribution >= 4 is 18.7 Å². The molecule has 0 aliphatic heterocycles. The third kappa shape index (κ3) is 4.76. The van der Waals surface area contributed by atoms with Crippen LogP contribution in [0.25, 0.3) is 6.08 Å². The normalized spacial score (nSPS) is 10.8. The molecule has 2 heteroatoms. The highest BCUT2D eigenvalue weighted by atomic mass is 32.1. The number of thiol groups is 1. The van der Waals surface area contributed by atoms with Crippen LogP contribution >= 0.6 is 12.6 Å². The Morgan fingerprint density at radius 1 is 1.23 bits per heavy atom. The summed E-state index contributed by atoms with van der Waals surface area (Å²) in [5, 5.41) is 0. The first-order valence-corrected chi connectivity index (χ1v) is 4.97. The third-order valence-corrected chi connectivity index (χ3v) is 1.74. The molecule has 0 spiro atoms. The molecule has 0 bridgehead atoms. The predicted octanol–water partition coefficient (Wildman–Crippen LogP) is 2.65. The molecule has 0 amide bonds. The van der Waals surface area contributed by atoms with Crippen LogP contribution in [0.2, 0.25) is 0 Å². The topological polar surface area (TPSA) is 9.23 Å². The summed E-state index contributed by atoms with van der Waals surface area (Å²) in [6.07, 6.45) is 4.07. The van der Waals surface area contributed by atoms with Gasteiger partial charge in [-0.2, -0.15) is 12.6 Å². The van der Waals surface area contributed by atoms with Crippen molar-refractivity contribution in [1.29, 1.82) is 0 Å². The van der Waals surface area contributed by atoms with E-state index >= 15 is 0 Å². The molecule has 0 N–H and O–H groups in total. The third-order valence-electron chi connectivity index (χ3n) is 1.56. The Bertz CT molecular complexity index is 244. The number of ether oxygens (including phenoxy) is 1. The Balaban J connectivity index is 2.25. The maximum absolute atomic E-state index is 5.24. The number of rotatable bonds is 5. The van der Waals surface area contributed by atoms with Gasteiger partial charge in [-0.1, -0.05) is 42.5 Å². The highest BCUT2D eigenvalue weighted by Crippen LogP contribution is 2.00. The molecular weight excluding hydrogens is 180 g/mol. The predicted molar refractivity (Wildman–Crippen MR) is 60.1 cm³/mol. The first-order chi connectivity index (χ1) is 6.43. The molecule has 1 aromatic carbocycles. The number of benzene rings is 1. The van der Waals surface area contributed by atoms with Gasteiger partial charge in [0.25, 0.3) is 0 Å². The van der Waals surface area contributed by atoms with Gasteiger partial charge in [-0.3, -0.25) is 0 Å². The summed E-state index contributed by atoms with van der Waals surface area (Å²) in [6.45, 7) is 1.37. The average molecular weight is 194 g/mol. The Morgan fingerprint density at radius 3 is 2.69 bits per heavy atom. The summed E-state index contributed by atoms with van der Waals surface area (Å²) in [5.74, 6) is 0.777. The van der Waals surface area contributed by atoms with E-state index in [-0.39, 0.29) is 0 Å². The standard InChI is InChI=1S/C11H14OS/c13-10-9-12-8-4-7-11-5-2-1-3-6-11/h1-7,13H,8-10H2. The second kappa shape index (κ2) is 6.75. The molecule has 13 heavy (non-hydrogen) atoms. The second-order valence-electron chi connectivity index (χ2n) is 2.61. The fraction of sp³-hybridized carbons (Fsp3) is 0.273. The first kappa shape index (κ1) is 10.4. The van der Waals surface area contributed by atoms with Crippen molar-refractivity contribution < 1.29 is 4.74 Å².